The second kappa shape index (κ2) is 5.92. The Kier molecular flexibility index (Phi) is 4.55. The second-order valence-electron chi connectivity index (χ2n) is 3.76. The Bertz CT molecular complexity index is 507. The number of esters is 1. The normalized spacial score (nSPS) is 13.2. The summed E-state index contributed by atoms with van der Waals surface area (Å²) in [6, 6.07) is 7.15. The van der Waals surface area contributed by atoms with Crippen molar-refractivity contribution in [3.05, 3.63) is 35.6 Å². The Balaban J connectivity index is 3.01. The van der Waals surface area contributed by atoms with Crippen LogP contribution in [-0.4, -0.2) is 18.9 Å². The number of Topliss-reactive ketones (excluding diaryl/α,β-unsaturated/α-hetero) is 1. The summed E-state index contributed by atoms with van der Waals surface area (Å²) >= 11 is 0. The molecule has 0 saturated heterocycles. The molecule has 0 bridgehead atoms. The van der Waals surface area contributed by atoms with E-state index in [-0.39, 0.29) is 5.56 Å². The van der Waals surface area contributed by atoms with E-state index in [9.17, 15) is 14.0 Å². The minimum Gasteiger partial charge on any atom is -0.468 e. The van der Waals surface area contributed by atoms with Crippen LogP contribution in [0.4, 0.5) is 4.39 Å². The molecule has 0 fully saturated rings. The van der Waals surface area contributed by atoms with E-state index in [0.717, 1.165) is 13.2 Å². The lowest BCUT2D eigenvalue weighted by Crippen LogP contribution is -2.28. The highest BCUT2D eigenvalue weighted by Crippen LogP contribution is 2.20. The van der Waals surface area contributed by atoms with Crippen LogP contribution in [0.2, 0.25) is 0 Å². The molecule has 0 aliphatic rings. The fourth-order valence-electron chi connectivity index (χ4n) is 1.55. The molecule has 0 aliphatic carbocycles. The molecule has 0 aliphatic heterocycles. The largest absolute Gasteiger partial charge is 0.468 e. The zero-order chi connectivity index (χ0) is 13.7. The van der Waals surface area contributed by atoms with Crippen LogP contribution in [-0.2, 0) is 9.53 Å². The highest BCUT2D eigenvalue weighted by molar-refractivity contribution is 6.00. The number of benzene rings is 1. The second-order valence-corrected chi connectivity index (χ2v) is 3.76. The van der Waals surface area contributed by atoms with Crippen LogP contribution in [0.15, 0.2) is 24.3 Å². The molecular formula is C13H12FNO3. The van der Waals surface area contributed by atoms with E-state index in [2.05, 4.69) is 4.74 Å². The van der Waals surface area contributed by atoms with Crippen molar-refractivity contribution in [1.82, 2.24) is 0 Å². The van der Waals surface area contributed by atoms with Crippen LogP contribution < -0.4 is 0 Å². The molecule has 0 saturated carbocycles. The Morgan fingerprint density at radius 3 is 2.50 bits per heavy atom. The summed E-state index contributed by atoms with van der Waals surface area (Å²) in [6.07, 6.45) is 0. The topological polar surface area (TPSA) is 67.2 Å². The molecule has 18 heavy (non-hydrogen) atoms. The third-order valence-electron chi connectivity index (χ3n) is 2.65. The van der Waals surface area contributed by atoms with Gasteiger partial charge in [-0.3, -0.25) is 9.59 Å². The lowest BCUT2D eigenvalue weighted by Gasteiger charge is -2.14. The summed E-state index contributed by atoms with van der Waals surface area (Å²) in [7, 11) is 1.13. The van der Waals surface area contributed by atoms with E-state index in [1.807, 2.05) is 0 Å². The molecule has 0 spiro atoms. The van der Waals surface area contributed by atoms with Gasteiger partial charge in [-0.1, -0.05) is 19.1 Å². The average molecular weight is 249 g/mol. The number of carbonyl (C=O) groups excluding carboxylic acids is 2. The molecule has 0 unspecified atom stereocenters. The Morgan fingerprint density at radius 1 is 1.39 bits per heavy atom. The van der Waals surface area contributed by atoms with Crippen LogP contribution in [0.3, 0.4) is 0 Å². The van der Waals surface area contributed by atoms with Crippen molar-refractivity contribution >= 4 is 11.8 Å². The van der Waals surface area contributed by atoms with Gasteiger partial charge in [0.1, 0.15) is 5.82 Å². The molecule has 94 valence electrons. The van der Waals surface area contributed by atoms with Crippen LogP contribution in [0.25, 0.3) is 0 Å². The Labute approximate surface area is 104 Å². The fourth-order valence-corrected chi connectivity index (χ4v) is 1.55. The standard InChI is InChI=1S/C13H12FNO3/c1-8(10(7-15)13(17)18-2)12(16)9-5-3-4-6-11(9)14/h3-6,8,10H,1-2H3/t8-,10-/m0/s1. The molecule has 0 heterocycles. The number of halogens is 1. The Morgan fingerprint density at radius 2 is 2.00 bits per heavy atom. The maximum atomic E-state index is 13.4. The highest BCUT2D eigenvalue weighted by atomic mass is 19.1. The first-order valence-electron chi connectivity index (χ1n) is 5.29. The number of ether oxygens (including phenoxy) is 1. The van der Waals surface area contributed by atoms with Gasteiger partial charge in [-0.2, -0.15) is 5.26 Å². The summed E-state index contributed by atoms with van der Waals surface area (Å²) in [5.74, 6) is -4.25. The Hall–Kier alpha value is -2.22. The number of hydrogen-bond donors (Lipinski definition) is 0. The molecule has 1 rings (SSSR count). The van der Waals surface area contributed by atoms with Crippen LogP contribution in [0.1, 0.15) is 17.3 Å². The van der Waals surface area contributed by atoms with E-state index in [1.165, 1.54) is 25.1 Å². The maximum absolute atomic E-state index is 13.4. The smallest absolute Gasteiger partial charge is 0.323 e. The van der Waals surface area contributed by atoms with Gasteiger partial charge >= 0.3 is 5.97 Å². The summed E-state index contributed by atoms with van der Waals surface area (Å²) in [4.78, 5) is 23.3. The number of nitrogens with zero attached hydrogens (tertiary/aromatic N) is 1. The van der Waals surface area contributed by atoms with Crippen molar-refractivity contribution in [3.8, 4) is 6.07 Å². The van der Waals surface area contributed by atoms with Crippen molar-refractivity contribution in [2.24, 2.45) is 11.8 Å². The lowest BCUT2D eigenvalue weighted by molar-refractivity contribution is -0.144. The third kappa shape index (κ3) is 2.72. The minimum atomic E-state index is -1.23. The molecule has 1 aromatic rings. The fraction of sp³-hybridized carbons (Fsp3) is 0.308. The lowest BCUT2D eigenvalue weighted by atomic mass is 9.88. The predicted molar refractivity (Wildman–Crippen MR) is 61.0 cm³/mol. The van der Waals surface area contributed by atoms with Crippen molar-refractivity contribution in [1.29, 1.82) is 5.26 Å². The van der Waals surface area contributed by atoms with Gasteiger partial charge in [0.15, 0.2) is 11.7 Å². The van der Waals surface area contributed by atoms with Gasteiger partial charge in [-0.15, -0.1) is 0 Å². The quantitative estimate of drug-likeness (QED) is 0.604. The summed E-state index contributed by atoms with van der Waals surface area (Å²) in [6.45, 7) is 1.40. The number of ketones is 1. The monoisotopic (exact) mass is 249 g/mol. The van der Waals surface area contributed by atoms with Gasteiger partial charge in [0.25, 0.3) is 0 Å². The van der Waals surface area contributed by atoms with Crippen LogP contribution >= 0.6 is 0 Å². The van der Waals surface area contributed by atoms with Gasteiger partial charge < -0.3 is 4.74 Å². The van der Waals surface area contributed by atoms with Crippen LogP contribution in [0, 0.1) is 29.0 Å². The van der Waals surface area contributed by atoms with Gasteiger partial charge in [0.05, 0.1) is 18.7 Å². The number of rotatable bonds is 4. The number of carbonyl (C=O) groups is 2. The van der Waals surface area contributed by atoms with E-state index in [0.29, 0.717) is 0 Å². The van der Waals surface area contributed by atoms with Crippen molar-refractivity contribution in [3.63, 3.8) is 0 Å². The first-order valence-corrected chi connectivity index (χ1v) is 5.29. The number of methoxy groups -OCH3 is 1. The zero-order valence-corrected chi connectivity index (χ0v) is 10.0. The van der Waals surface area contributed by atoms with Gasteiger partial charge in [0, 0.05) is 5.92 Å². The molecule has 1 aromatic carbocycles. The molecule has 0 radical (unpaired) electrons. The first kappa shape index (κ1) is 13.8. The molecule has 0 aromatic heterocycles. The van der Waals surface area contributed by atoms with E-state index in [1.54, 1.807) is 6.07 Å². The van der Waals surface area contributed by atoms with Crippen molar-refractivity contribution < 1.29 is 18.7 Å². The third-order valence-corrected chi connectivity index (χ3v) is 2.65. The van der Waals surface area contributed by atoms with Crippen LogP contribution in [0.5, 0.6) is 0 Å². The van der Waals surface area contributed by atoms with Gasteiger partial charge in [-0.05, 0) is 12.1 Å². The number of nitriles is 1. The SMILES string of the molecule is COC(=O)[C@@H](C#N)[C@H](C)C(=O)c1ccccc1F. The summed E-state index contributed by atoms with van der Waals surface area (Å²) in [5, 5.41) is 8.87. The molecule has 0 amide bonds. The molecule has 4 nitrogen and oxygen atoms in total. The zero-order valence-electron chi connectivity index (χ0n) is 10.0. The molecule has 0 N–H and O–H groups in total. The summed E-state index contributed by atoms with van der Waals surface area (Å²) < 4.78 is 17.9. The number of hydrogen-bond acceptors (Lipinski definition) is 4. The first-order chi connectivity index (χ1) is 8.52. The molecule has 5 heteroatoms. The minimum absolute atomic E-state index is 0.130. The van der Waals surface area contributed by atoms with Crippen molar-refractivity contribution in [2.45, 2.75) is 6.92 Å². The average Bonchev–Trinajstić information content (AvgIpc) is 2.38. The van der Waals surface area contributed by atoms with Gasteiger partial charge in [0.2, 0.25) is 0 Å². The molecular weight excluding hydrogens is 237 g/mol. The van der Waals surface area contributed by atoms with E-state index in [4.69, 9.17) is 5.26 Å². The van der Waals surface area contributed by atoms with E-state index < -0.39 is 29.4 Å². The highest BCUT2D eigenvalue weighted by Gasteiger charge is 2.32. The summed E-state index contributed by atoms with van der Waals surface area (Å²) in [5.41, 5.74) is -0.130. The molecule has 2 atom stereocenters. The van der Waals surface area contributed by atoms with Crippen molar-refractivity contribution in [2.75, 3.05) is 7.11 Å². The predicted octanol–water partition coefficient (Wildman–Crippen LogP) is 1.96. The van der Waals surface area contributed by atoms with E-state index >= 15 is 0 Å². The maximum Gasteiger partial charge on any atom is 0.323 e. The van der Waals surface area contributed by atoms with Gasteiger partial charge in [-0.25, -0.2) is 4.39 Å².